The summed E-state index contributed by atoms with van der Waals surface area (Å²) in [7, 11) is 0. The van der Waals surface area contributed by atoms with Gasteiger partial charge in [-0.2, -0.15) is 0 Å². The SMILES string of the molecule is Clc1cc(CNC2CCCCC2)ccc1I. The van der Waals surface area contributed by atoms with Crippen molar-refractivity contribution in [2.75, 3.05) is 0 Å². The molecule has 1 aromatic carbocycles. The van der Waals surface area contributed by atoms with E-state index in [0.29, 0.717) is 6.04 Å². The zero-order valence-corrected chi connectivity index (χ0v) is 12.2. The molecule has 0 saturated heterocycles. The Morgan fingerprint density at radius 1 is 1.25 bits per heavy atom. The van der Waals surface area contributed by atoms with Crippen LogP contribution in [0.15, 0.2) is 18.2 Å². The van der Waals surface area contributed by atoms with E-state index in [4.69, 9.17) is 11.6 Å². The largest absolute Gasteiger partial charge is 0.310 e. The predicted molar refractivity (Wildman–Crippen MR) is 77.9 cm³/mol. The highest BCUT2D eigenvalue weighted by Crippen LogP contribution is 2.21. The minimum absolute atomic E-state index is 0.715. The minimum atomic E-state index is 0.715. The van der Waals surface area contributed by atoms with Gasteiger partial charge in [0.2, 0.25) is 0 Å². The first kappa shape index (κ1) is 12.7. The molecule has 1 aliphatic carbocycles. The van der Waals surface area contributed by atoms with E-state index in [-0.39, 0.29) is 0 Å². The predicted octanol–water partition coefficient (Wildman–Crippen LogP) is 4.37. The average Bonchev–Trinajstić information content (AvgIpc) is 2.32. The quantitative estimate of drug-likeness (QED) is 0.799. The van der Waals surface area contributed by atoms with Gasteiger partial charge in [0, 0.05) is 16.2 Å². The Kier molecular flexibility index (Phi) is 4.92. The first-order valence-electron chi connectivity index (χ1n) is 5.93. The van der Waals surface area contributed by atoms with Gasteiger partial charge in [0.15, 0.2) is 0 Å². The van der Waals surface area contributed by atoms with Crippen molar-refractivity contribution in [2.24, 2.45) is 0 Å². The fourth-order valence-corrected chi connectivity index (χ4v) is 2.76. The van der Waals surface area contributed by atoms with Gasteiger partial charge in [-0.1, -0.05) is 36.9 Å². The lowest BCUT2D eigenvalue weighted by Crippen LogP contribution is -2.30. The molecule has 0 aromatic heterocycles. The molecule has 0 heterocycles. The average molecular weight is 350 g/mol. The molecule has 88 valence electrons. The number of rotatable bonds is 3. The summed E-state index contributed by atoms with van der Waals surface area (Å²) in [6.07, 6.45) is 6.83. The molecule has 0 atom stereocenters. The van der Waals surface area contributed by atoms with E-state index in [1.165, 1.54) is 37.7 Å². The van der Waals surface area contributed by atoms with E-state index in [1.54, 1.807) is 0 Å². The molecule has 1 nitrogen and oxygen atoms in total. The van der Waals surface area contributed by atoms with Gasteiger partial charge >= 0.3 is 0 Å². The Hall–Kier alpha value is 0.200. The van der Waals surface area contributed by atoms with Crippen LogP contribution in [0, 0.1) is 3.57 Å². The third kappa shape index (κ3) is 3.60. The first-order chi connectivity index (χ1) is 7.75. The van der Waals surface area contributed by atoms with Gasteiger partial charge in [0.25, 0.3) is 0 Å². The van der Waals surface area contributed by atoms with Gasteiger partial charge < -0.3 is 5.32 Å². The lowest BCUT2D eigenvalue weighted by Gasteiger charge is -2.22. The van der Waals surface area contributed by atoms with Gasteiger partial charge in [-0.05, 0) is 53.1 Å². The highest BCUT2D eigenvalue weighted by Gasteiger charge is 2.12. The van der Waals surface area contributed by atoms with Gasteiger partial charge in [-0.15, -0.1) is 0 Å². The van der Waals surface area contributed by atoms with E-state index < -0.39 is 0 Å². The maximum Gasteiger partial charge on any atom is 0.0542 e. The molecule has 0 aliphatic heterocycles. The first-order valence-corrected chi connectivity index (χ1v) is 7.38. The third-order valence-corrected chi connectivity index (χ3v) is 4.76. The van der Waals surface area contributed by atoms with E-state index >= 15 is 0 Å². The highest BCUT2D eigenvalue weighted by molar-refractivity contribution is 14.1. The van der Waals surface area contributed by atoms with Crippen molar-refractivity contribution in [3.05, 3.63) is 32.4 Å². The molecule has 1 aliphatic rings. The fraction of sp³-hybridized carbons (Fsp3) is 0.538. The summed E-state index contributed by atoms with van der Waals surface area (Å²) in [5, 5.41) is 4.49. The van der Waals surface area contributed by atoms with Gasteiger partial charge in [0.05, 0.1) is 5.02 Å². The van der Waals surface area contributed by atoms with Crippen molar-refractivity contribution >= 4 is 34.2 Å². The summed E-state index contributed by atoms with van der Waals surface area (Å²) in [6, 6.07) is 7.02. The van der Waals surface area contributed by atoms with Crippen LogP contribution in [0.2, 0.25) is 5.02 Å². The molecule has 1 fully saturated rings. The number of hydrogen-bond donors (Lipinski definition) is 1. The van der Waals surface area contributed by atoms with Crippen LogP contribution < -0.4 is 5.32 Å². The van der Waals surface area contributed by atoms with Crippen LogP contribution >= 0.6 is 34.2 Å². The van der Waals surface area contributed by atoms with Crippen LogP contribution in [0.5, 0.6) is 0 Å². The number of benzene rings is 1. The van der Waals surface area contributed by atoms with Crippen LogP contribution in [-0.2, 0) is 6.54 Å². The maximum absolute atomic E-state index is 6.10. The topological polar surface area (TPSA) is 12.0 Å². The molecule has 0 bridgehead atoms. The second-order valence-corrected chi connectivity index (χ2v) is 6.03. The monoisotopic (exact) mass is 349 g/mol. The number of halogens is 2. The summed E-state index contributed by atoms with van der Waals surface area (Å²) in [5.74, 6) is 0. The van der Waals surface area contributed by atoms with Crippen molar-refractivity contribution in [2.45, 2.75) is 44.7 Å². The van der Waals surface area contributed by atoms with E-state index in [0.717, 1.165) is 15.1 Å². The van der Waals surface area contributed by atoms with Gasteiger partial charge in [-0.25, -0.2) is 0 Å². The molecule has 1 aromatic rings. The summed E-state index contributed by atoms with van der Waals surface area (Å²) in [5.41, 5.74) is 1.29. The normalized spacial score (nSPS) is 17.6. The van der Waals surface area contributed by atoms with E-state index in [2.05, 4.69) is 46.1 Å². The molecule has 1 N–H and O–H groups in total. The van der Waals surface area contributed by atoms with Crippen LogP contribution in [0.3, 0.4) is 0 Å². The van der Waals surface area contributed by atoms with Crippen LogP contribution in [0.4, 0.5) is 0 Å². The second kappa shape index (κ2) is 6.22. The molecule has 1 saturated carbocycles. The Morgan fingerprint density at radius 2 is 2.00 bits per heavy atom. The molecule has 0 amide bonds. The Morgan fingerprint density at radius 3 is 2.69 bits per heavy atom. The number of hydrogen-bond acceptors (Lipinski definition) is 1. The highest BCUT2D eigenvalue weighted by atomic mass is 127. The summed E-state index contributed by atoms with van der Waals surface area (Å²) in [4.78, 5) is 0. The standard InChI is InChI=1S/C13H17ClIN/c14-12-8-10(6-7-13(12)15)9-16-11-4-2-1-3-5-11/h6-8,11,16H,1-5,9H2. The molecule has 0 spiro atoms. The molecule has 16 heavy (non-hydrogen) atoms. The van der Waals surface area contributed by atoms with Crippen molar-refractivity contribution in [1.82, 2.24) is 5.32 Å². The van der Waals surface area contributed by atoms with Crippen LogP contribution in [-0.4, -0.2) is 6.04 Å². The van der Waals surface area contributed by atoms with Crippen molar-refractivity contribution in [1.29, 1.82) is 0 Å². The lowest BCUT2D eigenvalue weighted by atomic mass is 9.95. The number of nitrogens with one attached hydrogen (secondary N) is 1. The van der Waals surface area contributed by atoms with Crippen molar-refractivity contribution in [3.8, 4) is 0 Å². The Balaban J connectivity index is 1.86. The molecule has 2 rings (SSSR count). The van der Waals surface area contributed by atoms with E-state index in [9.17, 15) is 0 Å². The molecular weight excluding hydrogens is 333 g/mol. The summed E-state index contributed by atoms with van der Waals surface area (Å²) < 4.78 is 1.13. The molecule has 0 radical (unpaired) electrons. The lowest BCUT2D eigenvalue weighted by molar-refractivity contribution is 0.372. The zero-order chi connectivity index (χ0) is 11.4. The van der Waals surface area contributed by atoms with Crippen LogP contribution in [0.1, 0.15) is 37.7 Å². The Bertz CT molecular complexity index is 348. The Labute approximate surface area is 116 Å². The van der Waals surface area contributed by atoms with Crippen LogP contribution in [0.25, 0.3) is 0 Å². The van der Waals surface area contributed by atoms with E-state index in [1.807, 2.05) is 0 Å². The summed E-state index contributed by atoms with van der Waals surface area (Å²) >= 11 is 8.36. The molecular formula is C13H17ClIN. The third-order valence-electron chi connectivity index (χ3n) is 3.18. The second-order valence-electron chi connectivity index (χ2n) is 4.46. The molecule has 3 heteroatoms. The summed E-state index contributed by atoms with van der Waals surface area (Å²) in [6.45, 7) is 0.946. The maximum atomic E-state index is 6.10. The smallest absolute Gasteiger partial charge is 0.0542 e. The minimum Gasteiger partial charge on any atom is -0.310 e. The zero-order valence-electron chi connectivity index (χ0n) is 9.31. The fourth-order valence-electron chi connectivity index (χ4n) is 2.22. The van der Waals surface area contributed by atoms with Gasteiger partial charge in [-0.3, -0.25) is 0 Å². The van der Waals surface area contributed by atoms with Crippen molar-refractivity contribution in [3.63, 3.8) is 0 Å². The van der Waals surface area contributed by atoms with Gasteiger partial charge in [0.1, 0.15) is 0 Å². The molecule has 0 unspecified atom stereocenters. The van der Waals surface area contributed by atoms with Crippen molar-refractivity contribution < 1.29 is 0 Å².